The van der Waals surface area contributed by atoms with Crippen LogP contribution in [0.5, 0.6) is 5.75 Å². The van der Waals surface area contributed by atoms with Crippen LogP contribution in [-0.4, -0.2) is 23.5 Å². The van der Waals surface area contributed by atoms with Gasteiger partial charge in [0.25, 0.3) is 0 Å². The van der Waals surface area contributed by atoms with E-state index in [1.165, 1.54) is 0 Å². The quantitative estimate of drug-likeness (QED) is 0.382. The highest BCUT2D eigenvalue weighted by Gasteiger charge is 2.27. The maximum absolute atomic E-state index is 12.9. The number of nitrogens with zero attached hydrogens (tertiary/aromatic N) is 2. The first kappa shape index (κ1) is 16.3. The van der Waals surface area contributed by atoms with Crippen LogP contribution in [0.1, 0.15) is 0 Å². The number of halogens is 6. The first-order valence-electron chi connectivity index (χ1n) is 4.90. The third-order valence-electron chi connectivity index (χ3n) is 1.64. The van der Waals surface area contributed by atoms with E-state index >= 15 is 0 Å². The Morgan fingerprint density at radius 1 is 1.20 bits per heavy atom. The maximum Gasteiger partial charge on any atom is 0.408 e. The summed E-state index contributed by atoms with van der Waals surface area (Å²) >= 11 is 2.68. The molecular formula is C10H7BrF5N3O. The Bertz CT molecular complexity index is 520. The monoisotopic (exact) mass is 359 g/mol. The average Bonchev–Trinajstić information content (AvgIpc) is 2.22. The number of amidine groups is 2. The molecule has 4 nitrogen and oxygen atoms in total. The van der Waals surface area contributed by atoms with E-state index in [1.807, 2.05) is 0 Å². The topological polar surface area (TPSA) is 60.0 Å². The Hall–Kier alpha value is -1.71. The van der Waals surface area contributed by atoms with Crippen molar-refractivity contribution in [3.63, 3.8) is 0 Å². The molecule has 10 heteroatoms. The highest BCUT2D eigenvalue weighted by atomic mass is 79.9. The summed E-state index contributed by atoms with van der Waals surface area (Å²) in [5.74, 6) is -2.34. The van der Waals surface area contributed by atoms with Gasteiger partial charge in [0.1, 0.15) is 23.9 Å². The standard InChI is InChI=1S/C10H7BrF5N3O/c11-8(17)19-9(18-4-10(14,15)16)20-7-2-5(12)1-6(13)3-7/h1-3H,4H2,(H2,17,18,19). The fraction of sp³-hybridized carbons (Fsp3) is 0.200. The summed E-state index contributed by atoms with van der Waals surface area (Å²) in [5, 5.41) is 0. The van der Waals surface area contributed by atoms with Crippen LogP contribution < -0.4 is 10.5 Å². The number of rotatable bonds is 2. The van der Waals surface area contributed by atoms with Crippen LogP contribution in [0.15, 0.2) is 28.2 Å². The van der Waals surface area contributed by atoms with Gasteiger partial charge in [-0.05, 0) is 15.9 Å². The molecule has 0 aliphatic carbocycles. The smallest absolute Gasteiger partial charge is 0.408 e. The van der Waals surface area contributed by atoms with Gasteiger partial charge in [0, 0.05) is 18.2 Å². The molecule has 0 aromatic heterocycles. The average molecular weight is 360 g/mol. The van der Waals surface area contributed by atoms with Crippen LogP contribution in [0, 0.1) is 11.6 Å². The van der Waals surface area contributed by atoms with Crippen molar-refractivity contribution in [3.05, 3.63) is 29.8 Å². The van der Waals surface area contributed by atoms with Gasteiger partial charge >= 0.3 is 12.2 Å². The van der Waals surface area contributed by atoms with E-state index in [0.29, 0.717) is 6.07 Å². The summed E-state index contributed by atoms with van der Waals surface area (Å²) in [6, 6.07) is 1.29. The number of alkyl halides is 3. The van der Waals surface area contributed by atoms with E-state index in [4.69, 9.17) is 10.5 Å². The fourth-order valence-corrected chi connectivity index (χ4v) is 1.18. The van der Waals surface area contributed by atoms with Crippen molar-refractivity contribution in [1.29, 1.82) is 0 Å². The molecule has 1 aromatic carbocycles. The lowest BCUT2D eigenvalue weighted by Gasteiger charge is -2.07. The number of hydrogen-bond acceptors (Lipinski definition) is 2. The highest BCUT2D eigenvalue weighted by Crippen LogP contribution is 2.18. The zero-order valence-electron chi connectivity index (χ0n) is 9.59. The van der Waals surface area contributed by atoms with Gasteiger partial charge in [-0.25, -0.2) is 13.8 Å². The van der Waals surface area contributed by atoms with Gasteiger partial charge in [0.05, 0.1) is 0 Å². The molecule has 0 radical (unpaired) electrons. The molecule has 0 bridgehead atoms. The van der Waals surface area contributed by atoms with Crippen LogP contribution in [0.2, 0.25) is 0 Å². The van der Waals surface area contributed by atoms with Crippen LogP contribution in [0.4, 0.5) is 22.0 Å². The molecule has 0 heterocycles. The van der Waals surface area contributed by atoms with Crippen LogP contribution >= 0.6 is 15.9 Å². The molecule has 0 saturated heterocycles. The van der Waals surface area contributed by atoms with Crippen LogP contribution in [0.3, 0.4) is 0 Å². The molecule has 2 N–H and O–H groups in total. The van der Waals surface area contributed by atoms with E-state index < -0.39 is 36.1 Å². The lowest BCUT2D eigenvalue weighted by molar-refractivity contribution is -0.118. The van der Waals surface area contributed by atoms with E-state index in [9.17, 15) is 22.0 Å². The molecule has 0 amide bonds. The minimum atomic E-state index is -4.58. The maximum atomic E-state index is 12.9. The molecule has 20 heavy (non-hydrogen) atoms. The minimum absolute atomic E-state index is 0.310. The van der Waals surface area contributed by atoms with Gasteiger partial charge in [-0.15, -0.1) is 0 Å². The SMILES string of the molecule is NC(Br)=NC(=NCC(F)(F)F)Oc1cc(F)cc(F)c1. The third kappa shape index (κ3) is 6.45. The van der Waals surface area contributed by atoms with Crippen molar-refractivity contribution in [2.45, 2.75) is 6.18 Å². The second-order valence-corrected chi connectivity index (χ2v) is 4.17. The van der Waals surface area contributed by atoms with E-state index in [1.54, 1.807) is 0 Å². The van der Waals surface area contributed by atoms with Crippen molar-refractivity contribution in [3.8, 4) is 5.75 Å². The number of nitrogens with two attached hydrogens (primary N) is 1. The van der Waals surface area contributed by atoms with Crippen molar-refractivity contribution in [1.82, 2.24) is 0 Å². The second kappa shape index (κ2) is 6.64. The van der Waals surface area contributed by atoms with Gasteiger partial charge in [-0.3, -0.25) is 0 Å². The van der Waals surface area contributed by atoms with Gasteiger partial charge in [0.15, 0.2) is 4.74 Å². The van der Waals surface area contributed by atoms with Crippen LogP contribution in [-0.2, 0) is 0 Å². The summed E-state index contributed by atoms with van der Waals surface area (Å²) in [4.78, 5) is 6.35. The number of ether oxygens (including phenoxy) is 1. The lowest BCUT2D eigenvalue weighted by atomic mass is 10.3. The number of aliphatic imine (C=N–C) groups is 2. The summed E-state index contributed by atoms with van der Waals surface area (Å²) in [7, 11) is 0. The fourth-order valence-electron chi connectivity index (χ4n) is 1.03. The molecule has 110 valence electrons. The molecular weight excluding hydrogens is 353 g/mol. The van der Waals surface area contributed by atoms with Gasteiger partial charge in [-0.2, -0.15) is 18.2 Å². The first-order chi connectivity index (χ1) is 9.15. The molecule has 0 aliphatic rings. The van der Waals surface area contributed by atoms with Crippen molar-refractivity contribution >= 4 is 26.7 Å². The van der Waals surface area contributed by atoms with Gasteiger partial charge in [-0.1, -0.05) is 0 Å². The Balaban J connectivity index is 2.98. The summed E-state index contributed by atoms with van der Waals surface area (Å²) in [6.07, 6.45) is -4.58. The van der Waals surface area contributed by atoms with Crippen molar-refractivity contribution < 1.29 is 26.7 Å². The normalized spacial score (nSPS) is 13.5. The zero-order chi connectivity index (χ0) is 15.3. The first-order valence-corrected chi connectivity index (χ1v) is 5.70. The largest absolute Gasteiger partial charge is 0.424 e. The highest BCUT2D eigenvalue weighted by molar-refractivity contribution is 9.18. The van der Waals surface area contributed by atoms with E-state index in [0.717, 1.165) is 12.1 Å². The molecule has 0 atom stereocenters. The molecule has 1 rings (SSSR count). The lowest BCUT2D eigenvalue weighted by Crippen LogP contribution is -2.17. The molecule has 0 unspecified atom stereocenters. The Labute approximate surface area is 118 Å². The van der Waals surface area contributed by atoms with Gasteiger partial charge in [0.2, 0.25) is 0 Å². The van der Waals surface area contributed by atoms with Crippen LogP contribution in [0.25, 0.3) is 0 Å². The van der Waals surface area contributed by atoms with Crippen molar-refractivity contribution in [2.24, 2.45) is 15.7 Å². The number of benzene rings is 1. The summed E-state index contributed by atoms with van der Waals surface area (Å²) in [5.41, 5.74) is 5.12. The van der Waals surface area contributed by atoms with Gasteiger partial charge < -0.3 is 10.5 Å². The molecule has 0 aliphatic heterocycles. The Morgan fingerprint density at radius 2 is 1.75 bits per heavy atom. The van der Waals surface area contributed by atoms with E-state index in [-0.39, 0.29) is 4.74 Å². The Kier molecular flexibility index (Phi) is 5.43. The Morgan fingerprint density at radius 3 is 2.20 bits per heavy atom. The molecule has 0 saturated carbocycles. The second-order valence-electron chi connectivity index (χ2n) is 3.36. The number of hydrogen-bond donors (Lipinski definition) is 1. The van der Waals surface area contributed by atoms with Crippen molar-refractivity contribution in [2.75, 3.05) is 6.54 Å². The van der Waals surface area contributed by atoms with E-state index in [2.05, 4.69) is 25.9 Å². The third-order valence-corrected chi connectivity index (χ3v) is 1.82. The predicted molar refractivity (Wildman–Crippen MR) is 65.9 cm³/mol. The molecule has 0 fully saturated rings. The summed E-state index contributed by atoms with van der Waals surface area (Å²) in [6.45, 7) is -1.58. The predicted octanol–water partition coefficient (Wildman–Crippen LogP) is 2.97. The molecule has 0 spiro atoms. The minimum Gasteiger partial charge on any atom is -0.424 e. The zero-order valence-corrected chi connectivity index (χ0v) is 11.2. The molecule has 1 aromatic rings. The summed E-state index contributed by atoms with van der Waals surface area (Å²) < 4.78 is 66.4.